The molecule has 0 aliphatic heterocycles. The Morgan fingerprint density at radius 2 is 1.80 bits per heavy atom. The van der Waals surface area contributed by atoms with E-state index in [1.165, 1.54) is 0 Å². The van der Waals surface area contributed by atoms with Gasteiger partial charge in [0.15, 0.2) is 0 Å². The van der Waals surface area contributed by atoms with Crippen LogP contribution in [0.2, 0.25) is 0 Å². The van der Waals surface area contributed by atoms with Crippen molar-refractivity contribution in [3.05, 3.63) is 24.8 Å². The molecule has 0 aromatic rings. The third-order valence-corrected chi connectivity index (χ3v) is 1.38. The Morgan fingerprint density at radius 3 is 2.00 bits per heavy atom. The molecular weight excluding hydrogens is 226 g/mol. The van der Waals surface area contributed by atoms with Crippen LogP contribution in [-0.4, -0.2) is 35.7 Å². The van der Waals surface area contributed by atoms with E-state index in [4.69, 9.17) is 9.66 Å². The zero-order chi connectivity index (χ0) is 12.5. The molecule has 0 fully saturated rings. The first-order chi connectivity index (χ1) is 6.69. The summed E-state index contributed by atoms with van der Waals surface area (Å²) in [6.07, 6.45) is 2.55. The summed E-state index contributed by atoms with van der Waals surface area (Å²) in [6.45, 7) is 3.09. The Morgan fingerprint density at radius 1 is 1.40 bits per heavy atom. The SMILES string of the molecule is C=CC(N)=O.O=C(O)C=CCS(=O)(=O)O. The summed E-state index contributed by atoms with van der Waals surface area (Å²) in [5.74, 6) is -2.40. The number of nitrogens with two attached hydrogens (primary N) is 1. The number of aliphatic carboxylic acids is 1. The van der Waals surface area contributed by atoms with Gasteiger partial charge in [-0.2, -0.15) is 8.42 Å². The van der Waals surface area contributed by atoms with Gasteiger partial charge in [-0.05, 0) is 6.08 Å². The van der Waals surface area contributed by atoms with Crippen LogP contribution in [0.15, 0.2) is 24.8 Å². The number of carboxylic acid groups (broad SMARTS) is 1. The second-order valence-corrected chi connectivity index (χ2v) is 3.59. The number of carbonyl (C=O) groups is 2. The van der Waals surface area contributed by atoms with E-state index in [2.05, 4.69) is 12.3 Å². The van der Waals surface area contributed by atoms with Crippen molar-refractivity contribution in [3.63, 3.8) is 0 Å². The minimum Gasteiger partial charge on any atom is -0.478 e. The molecule has 0 bridgehead atoms. The van der Waals surface area contributed by atoms with Gasteiger partial charge in [0.05, 0.1) is 5.75 Å². The number of amides is 1. The molecule has 4 N–H and O–H groups in total. The quantitative estimate of drug-likeness (QED) is 0.431. The molecule has 0 atom stereocenters. The molecule has 0 radical (unpaired) electrons. The topological polar surface area (TPSA) is 135 Å². The van der Waals surface area contributed by atoms with Crippen LogP contribution in [0.3, 0.4) is 0 Å². The zero-order valence-electron chi connectivity index (χ0n) is 7.66. The van der Waals surface area contributed by atoms with Gasteiger partial charge in [0, 0.05) is 6.08 Å². The average molecular weight is 237 g/mol. The lowest BCUT2D eigenvalue weighted by Gasteiger charge is -1.84. The van der Waals surface area contributed by atoms with Gasteiger partial charge in [0.2, 0.25) is 5.91 Å². The fourth-order valence-electron chi connectivity index (χ4n) is 0.271. The van der Waals surface area contributed by atoms with Gasteiger partial charge in [-0.15, -0.1) is 0 Å². The summed E-state index contributed by atoms with van der Waals surface area (Å²) in [4.78, 5) is 19.2. The van der Waals surface area contributed by atoms with Crippen LogP contribution in [0.4, 0.5) is 0 Å². The van der Waals surface area contributed by atoms with Crippen LogP contribution in [-0.2, 0) is 19.7 Å². The lowest BCUT2D eigenvalue weighted by atomic mass is 10.5. The Hall–Kier alpha value is -1.67. The largest absolute Gasteiger partial charge is 0.478 e. The molecule has 8 heteroatoms. The molecular formula is C7H11NO6S. The second-order valence-electron chi connectivity index (χ2n) is 2.10. The summed E-state index contributed by atoms with van der Waals surface area (Å²) in [6, 6.07) is 0. The maximum absolute atomic E-state index is 9.92. The first-order valence-corrected chi connectivity index (χ1v) is 5.06. The molecule has 0 saturated heterocycles. The lowest BCUT2D eigenvalue weighted by Crippen LogP contribution is -2.04. The molecule has 0 aliphatic carbocycles. The normalized spacial score (nSPS) is 10.2. The first-order valence-electron chi connectivity index (χ1n) is 3.45. The Labute approximate surface area is 86.6 Å². The number of carbonyl (C=O) groups excluding carboxylic acids is 1. The van der Waals surface area contributed by atoms with Gasteiger partial charge in [-0.1, -0.05) is 12.7 Å². The summed E-state index contributed by atoms with van der Waals surface area (Å²) in [5, 5.41) is 7.95. The molecule has 1 amide bonds. The van der Waals surface area contributed by atoms with E-state index in [0.717, 1.165) is 12.2 Å². The molecule has 86 valence electrons. The third-order valence-electron chi connectivity index (χ3n) is 0.768. The van der Waals surface area contributed by atoms with Crippen molar-refractivity contribution >= 4 is 22.0 Å². The molecule has 7 nitrogen and oxygen atoms in total. The van der Waals surface area contributed by atoms with Gasteiger partial charge >= 0.3 is 5.97 Å². The lowest BCUT2D eigenvalue weighted by molar-refractivity contribution is -0.131. The number of hydrogen-bond donors (Lipinski definition) is 3. The fraction of sp³-hybridized carbons (Fsp3) is 0.143. The fourth-order valence-corrected chi connectivity index (χ4v) is 0.610. The molecule has 0 heterocycles. The van der Waals surface area contributed by atoms with Crippen LogP contribution in [0.25, 0.3) is 0 Å². The molecule has 0 aliphatic rings. The van der Waals surface area contributed by atoms with Crippen molar-refractivity contribution in [2.75, 3.05) is 5.75 Å². The van der Waals surface area contributed by atoms with Crippen molar-refractivity contribution in [3.8, 4) is 0 Å². The van der Waals surface area contributed by atoms with E-state index in [0.29, 0.717) is 6.08 Å². The maximum atomic E-state index is 9.92. The first kappa shape index (κ1) is 15.8. The molecule has 0 unspecified atom stereocenters. The Bertz CT molecular complexity index is 356. The second kappa shape index (κ2) is 7.71. The van der Waals surface area contributed by atoms with Crippen LogP contribution in [0, 0.1) is 0 Å². The number of hydrogen-bond acceptors (Lipinski definition) is 4. The molecule has 0 rings (SSSR count). The minimum atomic E-state index is -4.07. The smallest absolute Gasteiger partial charge is 0.328 e. The van der Waals surface area contributed by atoms with Crippen LogP contribution >= 0.6 is 0 Å². The summed E-state index contributed by atoms with van der Waals surface area (Å²) < 4.78 is 27.9. The highest BCUT2D eigenvalue weighted by Crippen LogP contribution is 1.82. The third kappa shape index (κ3) is 24.5. The zero-order valence-corrected chi connectivity index (χ0v) is 8.48. The van der Waals surface area contributed by atoms with Crippen LogP contribution < -0.4 is 5.73 Å². The van der Waals surface area contributed by atoms with Crippen LogP contribution in [0.1, 0.15) is 0 Å². The van der Waals surface area contributed by atoms with Crippen molar-refractivity contribution in [1.29, 1.82) is 0 Å². The van der Waals surface area contributed by atoms with Crippen molar-refractivity contribution in [2.24, 2.45) is 5.73 Å². The van der Waals surface area contributed by atoms with Crippen LogP contribution in [0.5, 0.6) is 0 Å². The summed E-state index contributed by atoms with van der Waals surface area (Å²) in [7, 11) is -4.07. The Kier molecular flexibility index (Phi) is 8.11. The Balaban J connectivity index is 0. The average Bonchev–Trinajstić information content (AvgIpc) is 2.02. The predicted octanol–water partition coefficient (Wildman–Crippen LogP) is -0.827. The minimum absolute atomic E-state index is 0.481. The van der Waals surface area contributed by atoms with Crippen molar-refractivity contribution in [1.82, 2.24) is 0 Å². The summed E-state index contributed by atoms with van der Waals surface area (Å²) in [5.41, 5.74) is 4.53. The van der Waals surface area contributed by atoms with E-state index in [1.54, 1.807) is 0 Å². The highest BCUT2D eigenvalue weighted by Gasteiger charge is 1.98. The maximum Gasteiger partial charge on any atom is 0.328 e. The molecule has 15 heavy (non-hydrogen) atoms. The van der Waals surface area contributed by atoms with E-state index < -0.39 is 27.7 Å². The van der Waals surface area contributed by atoms with Gasteiger partial charge in [0.1, 0.15) is 0 Å². The number of carboxylic acids is 1. The van der Waals surface area contributed by atoms with E-state index in [-0.39, 0.29) is 0 Å². The van der Waals surface area contributed by atoms with Gasteiger partial charge in [0.25, 0.3) is 10.1 Å². The van der Waals surface area contributed by atoms with E-state index in [1.807, 2.05) is 0 Å². The monoisotopic (exact) mass is 237 g/mol. The highest BCUT2D eigenvalue weighted by molar-refractivity contribution is 7.85. The van der Waals surface area contributed by atoms with Crippen molar-refractivity contribution in [2.45, 2.75) is 0 Å². The predicted molar refractivity (Wildman–Crippen MR) is 52.6 cm³/mol. The summed E-state index contributed by atoms with van der Waals surface area (Å²) >= 11 is 0. The van der Waals surface area contributed by atoms with Gasteiger partial charge < -0.3 is 10.8 Å². The molecule has 0 aromatic carbocycles. The van der Waals surface area contributed by atoms with Crippen molar-refractivity contribution < 1.29 is 27.7 Å². The molecule has 0 saturated carbocycles. The molecule has 0 spiro atoms. The van der Waals surface area contributed by atoms with Gasteiger partial charge in [-0.3, -0.25) is 9.35 Å². The standard InChI is InChI=1S/C4H6O5S.C3H5NO/c5-4(6)2-1-3-10(7,8)9;1-2-3(4)5/h1-2H,3H2,(H,5,6)(H,7,8,9);2H,1H2,(H2,4,5). The van der Waals surface area contributed by atoms with E-state index in [9.17, 15) is 18.0 Å². The van der Waals surface area contributed by atoms with Gasteiger partial charge in [-0.25, -0.2) is 4.79 Å². The van der Waals surface area contributed by atoms with E-state index >= 15 is 0 Å². The highest BCUT2D eigenvalue weighted by atomic mass is 32.2. The molecule has 0 aromatic heterocycles. The number of rotatable bonds is 4. The number of primary amides is 1.